The third kappa shape index (κ3) is 3.44. The van der Waals surface area contributed by atoms with E-state index < -0.39 is 6.04 Å². The maximum atomic E-state index is 12.6. The number of carbonyl (C=O) groups excluding carboxylic acids is 1. The summed E-state index contributed by atoms with van der Waals surface area (Å²) >= 11 is 1.37. The van der Waals surface area contributed by atoms with Crippen LogP contribution in [0.25, 0.3) is 10.2 Å². The summed E-state index contributed by atoms with van der Waals surface area (Å²) in [5, 5.41) is 7.69. The number of hydrogen-bond acceptors (Lipinski definition) is 6. The zero-order valence-electron chi connectivity index (χ0n) is 15.2. The van der Waals surface area contributed by atoms with Gasteiger partial charge in [0.25, 0.3) is 11.5 Å². The van der Waals surface area contributed by atoms with Crippen LogP contribution in [-0.4, -0.2) is 27.3 Å². The van der Waals surface area contributed by atoms with E-state index in [0.29, 0.717) is 11.7 Å². The van der Waals surface area contributed by atoms with Crippen molar-refractivity contribution in [2.24, 2.45) is 0 Å². The van der Waals surface area contributed by atoms with Gasteiger partial charge in [-0.3, -0.25) is 9.59 Å². The maximum Gasteiger partial charge on any atom is 0.267 e. The van der Waals surface area contributed by atoms with Crippen molar-refractivity contribution in [3.63, 3.8) is 0 Å². The van der Waals surface area contributed by atoms with Gasteiger partial charge in [0.15, 0.2) is 5.13 Å². The van der Waals surface area contributed by atoms with Crippen LogP contribution in [0.4, 0.5) is 5.13 Å². The number of fused-ring (bicyclic) bond motifs is 2. The number of amides is 1. The van der Waals surface area contributed by atoms with Crippen molar-refractivity contribution in [3.8, 4) is 5.75 Å². The van der Waals surface area contributed by atoms with Crippen molar-refractivity contribution in [2.45, 2.75) is 39.2 Å². The molecular formula is C19H20N4O3S. The van der Waals surface area contributed by atoms with Gasteiger partial charge >= 0.3 is 0 Å². The Morgan fingerprint density at radius 2 is 2.22 bits per heavy atom. The molecule has 0 radical (unpaired) electrons. The van der Waals surface area contributed by atoms with Gasteiger partial charge in [-0.05, 0) is 56.9 Å². The van der Waals surface area contributed by atoms with Gasteiger partial charge in [-0.2, -0.15) is 5.10 Å². The number of hydrogen-bond donors (Lipinski definition) is 1. The van der Waals surface area contributed by atoms with E-state index in [1.807, 2.05) is 25.1 Å². The zero-order chi connectivity index (χ0) is 19.0. The van der Waals surface area contributed by atoms with Crippen LogP contribution in [0.3, 0.4) is 0 Å². The Morgan fingerprint density at radius 3 is 3.04 bits per heavy atom. The van der Waals surface area contributed by atoms with Crippen LogP contribution in [0.15, 0.2) is 29.1 Å². The lowest BCUT2D eigenvalue weighted by atomic mass is 10.2. The number of aryl methyl sites for hydroxylation is 2. The molecule has 27 heavy (non-hydrogen) atoms. The predicted octanol–water partition coefficient (Wildman–Crippen LogP) is 2.94. The molecule has 8 heteroatoms. The number of ether oxygens (including phenoxy) is 1. The van der Waals surface area contributed by atoms with Crippen LogP contribution in [0.1, 0.15) is 37.6 Å². The molecule has 1 atom stereocenters. The van der Waals surface area contributed by atoms with E-state index in [9.17, 15) is 9.59 Å². The smallest absolute Gasteiger partial charge is 0.267 e. The summed E-state index contributed by atoms with van der Waals surface area (Å²) in [5.41, 5.74) is 2.46. The molecule has 3 aromatic rings. The summed E-state index contributed by atoms with van der Waals surface area (Å²) in [6, 6.07) is 6.51. The second-order valence-electron chi connectivity index (χ2n) is 6.50. The molecule has 1 aromatic carbocycles. The van der Waals surface area contributed by atoms with Gasteiger partial charge in [-0.25, -0.2) is 9.67 Å². The van der Waals surface area contributed by atoms with E-state index in [0.717, 1.165) is 46.5 Å². The highest BCUT2D eigenvalue weighted by Gasteiger charge is 2.22. The fourth-order valence-corrected chi connectivity index (χ4v) is 4.13. The summed E-state index contributed by atoms with van der Waals surface area (Å²) < 4.78 is 7.69. The average Bonchev–Trinajstić information content (AvgIpc) is 3.25. The Balaban J connectivity index is 1.55. The molecule has 1 amide bonds. The summed E-state index contributed by atoms with van der Waals surface area (Å²) in [6.07, 6.45) is 2.74. The number of nitrogens with zero attached hydrogens (tertiary/aromatic N) is 3. The number of thiazole rings is 1. The lowest BCUT2D eigenvalue weighted by Gasteiger charge is -2.14. The molecule has 1 aliphatic rings. The lowest BCUT2D eigenvalue weighted by Crippen LogP contribution is -2.33. The normalized spacial score (nSPS) is 14.1. The first-order chi connectivity index (χ1) is 13.0. The molecule has 1 unspecified atom stereocenters. The largest absolute Gasteiger partial charge is 0.494 e. The van der Waals surface area contributed by atoms with E-state index in [-0.39, 0.29) is 11.5 Å². The van der Waals surface area contributed by atoms with Crippen LogP contribution >= 0.6 is 11.3 Å². The second kappa shape index (κ2) is 7.11. The average molecular weight is 384 g/mol. The fourth-order valence-electron chi connectivity index (χ4n) is 3.23. The first kappa shape index (κ1) is 17.7. The zero-order valence-corrected chi connectivity index (χ0v) is 16.0. The van der Waals surface area contributed by atoms with Crippen LogP contribution < -0.4 is 15.6 Å². The van der Waals surface area contributed by atoms with E-state index in [1.165, 1.54) is 16.0 Å². The minimum absolute atomic E-state index is 0.246. The Labute approximate surface area is 160 Å². The number of carbonyl (C=O) groups is 1. The highest BCUT2D eigenvalue weighted by Crippen LogP contribution is 2.29. The Hall–Kier alpha value is -2.74. The van der Waals surface area contributed by atoms with Gasteiger partial charge < -0.3 is 10.1 Å². The number of anilines is 1. The third-order valence-electron chi connectivity index (χ3n) is 4.63. The first-order valence-corrected chi connectivity index (χ1v) is 9.82. The van der Waals surface area contributed by atoms with Gasteiger partial charge in [0.2, 0.25) is 0 Å². The minimum Gasteiger partial charge on any atom is -0.494 e. The molecule has 1 aliphatic carbocycles. The first-order valence-electron chi connectivity index (χ1n) is 9.01. The van der Waals surface area contributed by atoms with Crippen molar-refractivity contribution >= 4 is 32.6 Å². The van der Waals surface area contributed by atoms with Crippen molar-refractivity contribution in [1.29, 1.82) is 0 Å². The molecule has 140 valence electrons. The lowest BCUT2D eigenvalue weighted by molar-refractivity contribution is -0.119. The van der Waals surface area contributed by atoms with Crippen molar-refractivity contribution in [2.75, 3.05) is 11.9 Å². The molecule has 0 aliphatic heterocycles. The Morgan fingerprint density at radius 1 is 1.37 bits per heavy atom. The van der Waals surface area contributed by atoms with Gasteiger partial charge in [-0.15, -0.1) is 0 Å². The highest BCUT2D eigenvalue weighted by atomic mass is 32.1. The van der Waals surface area contributed by atoms with Crippen molar-refractivity contribution in [1.82, 2.24) is 14.8 Å². The second-order valence-corrected chi connectivity index (χ2v) is 7.53. The molecule has 4 rings (SSSR count). The van der Waals surface area contributed by atoms with Crippen molar-refractivity contribution < 1.29 is 9.53 Å². The molecular weight excluding hydrogens is 364 g/mol. The Bertz CT molecular complexity index is 1070. The molecule has 0 fully saturated rings. The minimum atomic E-state index is -0.714. The van der Waals surface area contributed by atoms with Crippen LogP contribution in [0.5, 0.6) is 5.75 Å². The highest BCUT2D eigenvalue weighted by molar-refractivity contribution is 7.22. The van der Waals surface area contributed by atoms with Crippen LogP contribution in [0.2, 0.25) is 0 Å². The summed E-state index contributed by atoms with van der Waals surface area (Å²) in [7, 11) is 0. The summed E-state index contributed by atoms with van der Waals surface area (Å²) in [6.45, 7) is 4.19. The Kier molecular flexibility index (Phi) is 4.65. The van der Waals surface area contributed by atoms with Crippen LogP contribution in [0, 0.1) is 0 Å². The van der Waals surface area contributed by atoms with E-state index in [4.69, 9.17) is 4.74 Å². The standard InChI is InChI=1S/C19H20N4O3S/c1-3-26-13-7-8-15-16(10-13)27-19(20-15)21-18(25)11(2)23-17(24)9-12-5-4-6-14(12)22-23/h7-11H,3-6H2,1-2H3,(H,20,21,25). The fraction of sp³-hybridized carbons (Fsp3) is 0.368. The number of rotatable bonds is 5. The third-order valence-corrected chi connectivity index (χ3v) is 5.56. The predicted molar refractivity (Wildman–Crippen MR) is 105 cm³/mol. The molecule has 0 spiro atoms. The van der Waals surface area contributed by atoms with Crippen molar-refractivity contribution in [3.05, 3.63) is 45.9 Å². The van der Waals surface area contributed by atoms with E-state index in [2.05, 4.69) is 15.4 Å². The topological polar surface area (TPSA) is 86.1 Å². The van der Waals surface area contributed by atoms with E-state index in [1.54, 1.807) is 13.0 Å². The summed E-state index contributed by atoms with van der Waals surface area (Å²) in [4.78, 5) is 29.4. The molecule has 2 heterocycles. The molecule has 2 aromatic heterocycles. The maximum absolute atomic E-state index is 12.6. The number of nitrogens with one attached hydrogen (secondary N) is 1. The molecule has 0 saturated carbocycles. The van der Waals surface area contributed by atoms with Gasteiger partial charge in [0.05, 0.1) is 22.5 Å². The van der Waals surface area contributed by atoms with Gasteiger partial charge in [-0.1, -0.05) is 11.3 Å². The van der Waals surface area contributed by atoms with Gasteiger partial charge in [0.1, 0.15) is 11.8 Å². The number of aromatic nitrogens is 3. The monoisotopic (exact) mass is 384 g/mol. The van der Waals surface area contributed by atoms with E-state index >= 15 is 0 Å². The van der Waals surface area contributed by atoms with Gasteiger partial charge in [0, 0.05) is 6.07 Å². The SMILES string of the molecule is CCOc1ccc2nc(NC(=O)C(C)n3nc4c(cc3=O)CCC4)sc2c1. The molecule has 0 saturated heterocycles. The molecule has 0 bridgehead atoms. The number of benzene rings is 1. The molecule has 1 N–H and O–H groups in total. The van der Waals surface area contributed by atoms with Crippen LogP contribution in [-0.2, 0) is 17.6 Å². The summed E-state index contributed by atoms with van der Waals surface area (Å²) in [5.74, 6) is 0.459. The molecule has 7 nitrogen and oxygen atoms in total. The quantitative estimate of drug-likeness (QED) is 0.731.